The Hall–Kier alpha value is -3.49. The second-order valence-electron chi connectivity index (χ2n) is 5.88. The van der Waals surface area contributed by atoms with Crippen molar-refractivity contribution in [2.45, 2.75) is 12.6 Å². The molecule has 2 heterocycles. The molecule has 0 bridgehead atoms. The molecule has 1 aromatic carbocycles. The van der Waals surface area contributed by atoms with Crippen molar-refractivity contribution in [2.75, 3.05) is 25.0 Å². The van der Waals surface area contributed by atoms with Crippen LogP contribution in [0.3, 0.4) is 0 Å². The maximum Gasteiger partial charge on any atom is 0.321 e. The number of benzene rings is 1. The SMILES string of the molecule is CNC(=O)[C@@H]1CN(CC(=O)NC(=O)NCc2ccco2)c2ccccc2O1. The number of hydrogen-bond acceptors (Lipinski definition) is 6. The van der Waals surface area contributed by atoms with E-state index in [0.29, 0.717) is 17.2 Å². The third kappa shape index (κ3) is 4.57. The first-order chi connectivity index (χ1) is 13.1. The molecule has 0 saturated carbocycles. The fourth-order valence-corrected chi connectivity index (χ4v) is 2.72. The first kappa shape index (κ1) is 18.3. The van der Waals surface area contributed by atoms with Gasteiger partial charge in [-0.2, -0.15) is 0 Å². The highest BCUT2D eigenvalue weighted by Gasteiger charge is 2.31. The van der Waals surface area contributed by atoms with Gasteiger partial charge >= 0.3 is 6.03 Å². The van der Waals surface area contributed by atoms with E-state index >= 15 is 0 Å². The molecule has 0 unspecified atom stereocenters. The predicted molar refractivity (Wildman–Crippen MR) is 96.2 cm³/mol. The van der Waals surface area contributed by atoms with Crippen LogP contribution in [0.2, 0.25) is 0 Å². The lowest BCUT2D eigenvalue weighted by Crippen LogP contribution is -2.51. The topological polar surface area (TPSA) is 113 Å². The second-order valence-corrected chi connectivity index (χ2v) is 5.88. The molecule has 0 fully saturated rings. The van der Waals surface area contributed by atoms with Crippen LogP contribution in [0.25, 0.3) is 0 Å². The molecule has 9 nitrogen and oxygen atoms in total. The zero-order chi connectivity index (χ0) is 19.2. The lowest BCUT2D eigenvalue weighted by molar-refractivity contribution is -0.127. The minimum absolute atomic E-state index is 0.0952. The summed E-state index contributed by atoms with van der Waals surface area (Å²) in [6.07, 6.45) is 0.754. The normalized spacial score (nSPS) is 15.3. The summed E-state index contributed by atoms with van der Waals surface area (Å²) in [7, 11) is 1.52. The number of nitrogens with one attached hydrogen (secondary N) is 3. The fourth-order valence-electron chi connectivity index (χ4n) is 2.72. The molecule has 1 aromatic heterocycles. The second kappa shape index (κ2) is 8.26. The maximum absolute atomic E-state index is 12.3. The minimum atomic E-state index is -0.745. The summed E-state index contributed by atoms with van der Waals surface area (Å²) in [4.78, 5) is 37.8. The van der Waals surface area contributed by atoms with Crippen molar-refractivity contribution in [3.8, 4) is 5.75 Å². The molecule has 0 radical (unpaired) electrons. The van der Waals surface area contributed by atoms with Gasteiger partial charge in [0.2, 0.25) is 5.91 Å². The number of anilines is 1. The van der Waals surface area contributed by atoms with Crippen molar-refractivity contribution in [2.24, 2.45) is 0 Å². The highest BCUT2D eigenvalue weighted by molar-refractivity contribution is 5.96. The van der Waals surface area contributed by atoms with Crippen LogP contribution in [0, 0.1) is 0 Å². The van der Waals surface area contributed by atoms with Crippen molar-refractivity contribution >= 4 is 23.5 Å². The smallest absolute Gasteiger partial charge is 0.321 e. The van der Waals surface area contributed by atoms with Crippen molar-refractivity contribution in [1.29, 1.82) is 0 Å². The molecule has 3 rings (SSSR count). The van der Waals surface area contributed by atoms with E-state index < -0.39 is 18.0 Å². The monoisotopic (exact) mass is 372 g/mol. The largest absolute Gasteiger partial charge is 0.477 e. The molecular weight excluding hydrogens is 352 g/mol. The van der Waals surface area contributed by atoms with Gasteiger partial charge < -0.3 is 24.7 Å². The Morgan fingerprint density at radius 2 is 2.00 bits per heavy atom. The number of amides is 4. The van der Waals surface area contributed by atoms with Crippen molar-refractivity contribution < 1.29 is 23.5 Å². The Kier molecular flexibility index (Phi) is 5.60. The van der Waals surface area contributed by atoms with Gasteiger partial charge in [0, 0.05) is 7.05 Å². The summed E-state index contributed by atoms with van der Waals surface area (Å²) in [6, 6.07) is 9.91. The Bertz CT molecular complexity index is 821. The standard InChI is InChI=1S/C18H20N4O5/c1-19-17(24)15-10-22(13-6-2-3-7-14(13)27-15)11-16(23)21-18(25)20-9-12-5-4-8-26-12/h2-8,15H,9-11H2,1H3,(H,19,24)(H2,20,21,23,25)/t15-/m0/s1. The van der Waals surface area contributed by atoms with Crippen LogP contribution in [-0.2, 0) is 16.1 Å². The molecule has 27 heavy (non-hydrogen) atoms. The number of imide groups is 1. The van der Waals surface area contributed by atoms with Gasteiger partial charge in [-0.3, -0.25) is 14.9 Å². The van der Waals surface area contributed by atoms with Crippen LogP contribution >= 0.6 is 0 Å². The zero-order valence-electron chi connectivity index (χ0n) is 14.7. The minimum Gasteiger partial charge on any atom is -0.477 e. The molecule has 0 spiro atoms. The number of fused-ring (bicyclic) bond motifs is 1. The van der Waals surface area contributed by atoms with E-state index in [-0.39, 0.29) is 25.5 Å². The molecule has 3 N–H and O–H groups in total. The number of hydrogen-bond donors (Lipinski definition) is 3. The molecule has 9 heteroatoms. The van der Waals surface area contributed by atoms with Crippen LogP contribution in [0.15, 0.2) is 47.1 Å². The third-order valence-electron chi connectivity index (χ3n) is 3.99. The lowest BCUT2D eigenvalue weighted by atomic mass is 10.1. The highest BCUT2D eigenvalue weighted by Crippen LogP contribution is 2.32. The van der Waals surface area contributed by atoms with Gasteiger partial charge in [0.25, 0.3) is 5.91 Å². The summed E-state index contributed by atoms with van der Waals surface area (Å²) < 4.78 is 10.8. The van der Waals surface area contributed by atoms with Crippen LogP contribution in [-0.4, -0.2) is 44.1 Å². The molecule has 0 saturated heterocycles. The average Bonchev–Trinajstić information content (AvgIpc) is 3.19. The van der Waals surface area contributed by atoms with Crippen molar-refractivity contribution in [3.63, 3.8) is 0 Å². The van der Waals surface area contributed by atoms with Gasteiger partial charge in [-0.05, 0) is 24.3 Å². The Labute approximate surface area is 155 Å². The summed E-state index contributed by atoms with van der Waals surface area (Å²) in [5.74, 6) is 0.297. The molecule has 0 aliphatic carbocycles. The Morgan fingerprint density at radius 3 is 2.74 bits per heavy atom. The summed E-state index contributed by atoms with van der Waals surface area (Å²) in [6.45, 7) is 0.269. The van der Waals surface area contributed by atoms with E-state index in [0.717, 1.165) is 0 Å². The van der Waals surface area contributed by atoms with Gasteiger partial charge in [-0.1, -0.05) is 12.1 Å². The fraction of sp³-hybridized carbons (Fsp3) is 0.278. The first-order valence-corrected chi connectivity index (χ1v) is 8.39. The molecule has 142 valence electrons. The van der Waals surface area contributed by atoms with Crippen LogP contribution in [0.1, 0.15) is 5.76 Å². The van der Waals surface area contributed by atoms with E-state index in [2.05, 4.69) is 16.0 Å². The lowest BCUT2D eigenvalue weighted by Gasteiger charge is -2.34. The average molecular weight is 372 g/mol. The van der Waals surface area contributed by atoms with Crippen molar-refractivity contribution in [3.05, 3.63) is 48.4 Å². The summed E-state index contributed by atoms with van der Waals surface area (Å²) in [5, 5.41) is 7.34. The number of para-hydroxylation sites is 2. The number of likely N-dealkylation sites (N-methyl/N-ethyl adjacent to an activating group) is 1. The number of carbonyl (C=O) groups excluding carboxylic acids is 3. The molecule has 2 aromatic rings. The Morgan fingerprint density at radius 1 is 1.19 bits per heavy atom. The van der Waals surface area contributed by atoms with Crippen LogP contribution < -0.4 is 25.6 Å². The van der Waals surface area contributed by atoms with Gasteiger partial charge in [0.15, 0.2) is 6.10 Å². The quantitative estimate of drug-likeness (QED) is 0.709. The van der Waals surface area contributed by atoms with E-state index in [1.165, 1.54) is 13.3 Å². The number of ether oxygens (including phenoxy) is 1. The van der Waals surface area contributed by atoms with E-state index in [4.69, 9.17) is 9.15 Å². The highest BCUT2D eigenvalue weighted by atomic mass is 16.5. The first-order valence-electron chi connectivity index (χ1n) is 8.39. The molecule has 1 aliphatic heterocycles. The van der Waals surface area contributed by atoms with Crippen LogP contribution in [0.5, 0.6) is 5.75 Å². The molecule has 1 aliphatic rings. The number of furan rings is 1. The zero-order valence-corrected chi connectivity index (χ0v) is 14.7. The van der Waals surface area contributed by atoms with Gasteiger partial charge in [0.1, 0.15) is 11.5 Å². The van der Waals surface area contributed by atoms with Gasteiger partial charge in [-0.25, -0.2) is 4.79 Å². The Balaban J connectivity index is 1.60. The van der Waals surface area contributed by atoms with E-state index in [1.807, 2.05) is 6.07 Å². The molecule has 1 atom stereocenters. The maximum atomic E-state index is 12.3. The molecular formula is C18H20N4O5. The van der Waals surface area contributed by atoms with Gasteiger partial charge in [0.05, 0.1) is 31.6 Å². The number of urea groups is 1. The third-order valence-corrected chi connectivity index (χ3v) is 3.99. The number of rotatable bonds is 5. The number of nitrogens with zero attached hydrogens (tertiary/aromatic N) is 1. The summed E-state index contributed by atoms with van der Waals surface area (Å²) in [5.41, 5.74) is 0.684. The molecule has 4 amide bonds. The van der Waals surface area contributed by atoms with Gasteiger partial charge in [-0.15, -0.1) is 0 Å². The van der Waals surface area contributed by atoms with E-state index in [9.17, 15) is 14.4 Å². The number of carbonyl (C=O) groups is 3. The van der Waals surface area contributed by atoms with Crippen LogP contribution in [0.4, 0.5) is 10.5 Å². The van der Waals surface area contributed by atoms with Crippen molar-refractivity contribution in [1.82, 2.24) is 16.0 Å². The van der Waals surface area contributed by atoms with E-state index in [1.54, 1.807) is 35.2 Å². The predicted octanol–water partition coefficient (Wildman–Crippen LogP) is 0.619. The summed E-state index contributed by atoms with van der Waals surface area (Å²) >= 11 is 0.